The Morgan fingerprint density at radius 2 is 1.76 bits per heavy atom. The number of amides is 1. The third-order valence-corrected chi connectivity index (χ3v) is 3.48. The number of benzene rings is 2. The summed E-state index contributed by atoms with van der Waals surface area (Å²) in [5, 5.41) is 7.28. The highest BCUT2D eigenvalue weighted by atomic mass is 19.4. The number of hydrogen-bond acceptors (Lipinski definition) is 6. The predicted octanol–water partition coefficient (Wildman–Crippen LogP) is 3.44. The molecular formula is C17H12F3N6O3+. The molecule has 0 unspecified atom stereocenters. The van der Waals surface area contributed by atoms with Gasteiger partial charge in [-0.25, -0.2) is 9.67 Å². The third-order valence-electron chi connectivity index (χ3n) is 3.48. The summed E-state index contributed by atoms with van der Waals surface area (Å²) in [5.74, 6) is -0.187. The molecule has 1 heterocycles. The summed E-state index contributed by atoms with van der Waals surface area (Å²) in [4.78, 5) is 18.2. The summed E-state index contributed by atoms with van der Waals surface area (Å²) in [7, 11) is 0. The van der Waals surface area contributed by atoms with Crippen molar-refractivity contribution in [2.24, 2.45) is 5.11 Å². The van der Waals surface area contributed by atoms with Crippen LogP contribution in [0, 0.1) is 5.53 Å². The highest BCUT2D eigenvalue weighted by Crippen LogP contribution is 2.23. The Labute approximate surface area is 160 Å². The number of nitrogens with zero attached hydrogens (tertiary/aromatic N) is 5. The van der Waals surface area contributed by atoms with Crippen LogP contribution in [-0.2, 0) is 6.61 Å². The first-order chi connectivity index (χ1) is 13.8. The van der Waals surface area contributed by atoms with E-state index in [-0.39, 0.29) is 17.9 Å². The lowest BCUT2D eigenvalue weighted by Gasteiger charge is -2.09. The van der Waals surface area contributed by atoms with Gasteiger partial charge in [-0.15, -0.1) is 18.3 Å². The van der Waals surface area contributed by atoms with E-state index in [1.807, 2.05) is 0 Å². The second kappa shape index (κ2) is 8.31. The fourth-order valence-electron chi connectivity index (χ4n) is 2.23. The fourth-order valence-corrected chi connectivity index (χ4v) is 2.23. The zero-order chi connectivity index (χ0) is 20.9. The van der Waals surface area contributed by atoms with Crippen molar-refractivity contribution in [2.75, 3.05) is 0 Å². The first-order valence-corrected chi connectivity index (χ1v) is 7.95. The van der Waals surface area contributed by atoms with Gasteiger partial charge in [0.15, 0.2) is 5.82 Å². The summed E-state index contributed by atoms with van der Waals surface area (Å²) in [6.45, 7) is 0.0298. The number of halogens is 3. The van der Waals surface area contributed by atoms with Crippen molar-refractivity contribution in [3.05, 3.63) is 66.2 Å². The molecule has 3 aromatic rings. The molecule has 9 nitrogen and oxygen atoms in total. The van der Waals surface area contributed by atoms with E-state index < -0.39 is 12.3 Å². The minimum absolute atomic E-state index is 0.0298. The molecule has 0 fully saturated rings. The number of ether oxygens (including phenoxy) is 2. The monoisotopic (exact) mass is 405 g/mol. The van der Waals surface area contributed by atoms with Crippen molar-refractivity contribution in [3.8, 4) is 17.2 Å². The topological polar surface area (TPSA) is 117 Å². The van der Waals surface area contributed by atoms with Gasteiger partial charge in [0.25, 0.3) is 0 Å². The van der Waals surface area contributed by atoms with Crippen molar-refractivity contribution in [1.29, 1.82) is 5.53 Å². The highest BCUT2D eigenvalue weighted by molar-refractivity contribution is 5.94. The van der Waals surface area contributed by atoms with Gasteiger partial charge in [-0.2, -0.15) is 0 Å². The Balaban J connectivity index is 1.60. The number of carbonyl (C=O) groups excluding carboxylic acids is 1. The molecule has 1 amide bonds. The van der Waals surface area contributed by atoms with E-state index in [2.05, 4.69) is 24.8 Å². The molecule has 2 aromatic carbocycles. The largest absolute Gasteiger partial charge is 0.573 e. The maximum atomic E-state index is 12.2. The van der Waals surface area contributed by atoms with Crippen LogP contribution >= 0.6 is 0 Å². The molecule has 12 heteroatoms. The van der Waals surface area contributed by atoms with Crippen molar-refractivity contribution >= 4 is 5.91 Å². The molecule has 0 atom stereocenters. The molecule has 0 aliphatic carbocycles. The molecule has 0 bridgehead atoms. The molecule has 148 valence electrons. The SMILES string of the molecule is N=[N+]=NC(=O)c1ccc(OCc2ncn(-c3ccc(OC(F)(F)F)cc3)n2)cc1. The lowest BCUT2D eigenvalue weighted by atomic mass is 10.2. The van der Waals surface area contributed by atoms with E-state index >= 15 is 0 Å². The zero-order valence-electron chi connectivity index (χ0n) is 14.5. The molecule has 29 heavy (non-hydrogen) atoms. The summed E-state index contributed by atoms with van der Waals surface area (Å²) in [6.07, 6.45) is -3.36. The molecule has 0 spiro atoms. The Bertz CT molecular complexity index is 1040. The van der Waals surface area contributed by atoms with E-state index in [1.54, 1.807) is 12.1 Å². The first kappa shape index (κ1) is 19.7. The number of alkyl halides is 3. The first-order valence-electron chi connectivity index (χ1n) is 7.95. The molecule has 1 N–H and O–H groups in total. The summed E-state index contributed by atoms with van der Waals surface area (Å²) >= 11 is 0. The number of rotatable bonds is 6. The Morgan fingerprint density at radius 3 is 2.38 bits per heavy atom. The fraction of sp³-hybridized carbons (Fsp3) is 0.118. The predicted molar refractivity (Wildman–Crippen MR) is 90.4 cm³/mol. The Morgan fingerprint density at radius 1 is 1.10 bits per heavy atom. The highest BCUT2D eigenvalue weighted by Gasteiger charge is 2.31. The second-order valence-corrected chi connectivity index (χ2v) is 5.47. The molecule has 0 radical (unpaired) electrons. The van der Waals surface area contributed by atoms with Crippen LogP contribution in [0.3, 0.4) is 0 Å². The van der Waals surface area contributed by atoms with Crippen LogP contribution in [-0.4, -0.2) is 27.0 Å². The van der Waals surface area contributed by atoms with Crippen LogP contribution in [0.1, 0.15) is 16.2 Å². The van der Waals surface area contributed by atoms with Crippen molar-refractivity contribution < 1.29 is 27.4 Å². The number of nitrogens with one attached hydrogen (secondary N) is 1. The van der Waals surface area contributed by atoms with Crippen molar-refractivity contribution in [3.63, 3.8) is 0 Å². The van der Waals surface area contributed by atoms with Gasteiger partial charge in [-0.1, -0.05) is 0 Å². The average molecular weight is 405 g/mol. The van der Waals surface area contributed by atoms with E-state index in [9.17, 15) is 18.0 Å². The van der Waals surface area contributed by atoms with E-state index in [4.69, 9.17) is 10.3 Å². The summed E-state index contributed by atoms with van der Waals surface area (Å²) < 4.78 is 47.3. The average Bonchev–Trinajstić information content (AvgIpc) is 3.15. The van der Waals surface area contributed by atoms with Gasteiger partial charge in [-0.05, 0) is 48.5 Å². The van der Waals surface area contributed by atoms with E-state index in [0.29, 0.717) is 17.3 Å². The lowest BCUT2D eigenvalue weighted by molar-refractivity contribution is -0.274. The van der Waals surface area contributed by atoms with Gasteiger partial charge >= 0.3 is 12.3 Å². The maximum absolute atomic E-state index is 12.2. The van der Waals surface area contributed by atoms with Crippen LogP contribution in [0.25, 0.3) is 5.69 Å². The molecule has 0 aliphatic heterocycles. The van der Waals surface area contributed by atoms with Crippen LogP contribution in [0.2, 0.25) is 0 Å². The molecule has 0 aliphatic rings. The normalized spacial score (nSPS) is 10.9. The van der Waals surface area contributed by atoms with Crippen LogP contribution in [0.15, 0.2) is 60.0 Å². The minimum Gasteiger partial charge on any atom is -0.486 e. The smallest absolute Gasteiger partial charge is 0.486 e. The molecular weight excluding hydrogens is 393 g/mol. The van der Waals surface area contributed by atoms with Crippen molar-refractivity contribution in [1.82, 2.24) is 19.7 Å². The minimum atomic E-state index is -4.75. The summed E-state index contributed by atoms with van der Waals surface area (Å²) in [6, 6.07) is 11.2. The standard InChI is InChI=1S/C17H12F3N6O3/c18-17(19,20)29-14-7-3-12(4-8-14)26-10-22-15(24-26)9-28-13-5-1-11(2-6-13)16(27)23-25-21/h1-8,10,21H,9H2/q+1. The van der Waals surface area contributed by atoms with Gasteiger partial charge in [0.1, 0.15) is 30.0 Å². The van der Waals surface area contributed by atoms with Gasteiger partial charge in [0, 0.05) is 5.56 Å². The number of carbonyl (C=O) groups is 1. The van der Waals surface area contributed by atoms with Crippen molar-refractivity contribution in [2.45, 2.75) is 13.0 Å². The van der Waals surface area contributed by atoms with Gasteiger partial charge in [0.2, 0.25) is 10.0 Å². The molecule has 3 rings (SSSR count). The van der Waals surface area contributed by atoms with Gasteiger partial charge in [0.05, 0.1) is 5.69 Å². The molecule has 0 saturated heterocycles. The maximum Gasteiger partial charge on any atom is 0.573 e. The lowest BCUT2D eigenvalue weighted by Crippen LogP contribution is -2.17. The second-order valence-electron chi connectivity index (χ2n) is 5.47. The Kier molecular flexibility index (Phi) is 5.65. The summed E-state index contributed by atoms with van der Waals surface area (Å²) in [5.41, 5.74) is 7.29. The van der Waals surface area contributed by atoms with Crippen LogP contribution in [0.5, 0.6) is 11.5 Å². The quantitative estimate of drug-likeness (QED) is 0.498. The number of hydrogen-bond donors (Lipinski definition) is 1. The van der Waals surface area contributed by atoms with Crippen LogP contribution in [0.4, 0.5) is 13.2 Å². The van der Waals surface area contributed by atoms with E-state index in [0.717, 1.165) is 0 Å². The number of aromatic nitrogens is 3. The van der Waals surface area contributed by atoms with Gasteiger partial charge < -0.3 is 9.47 Å². The third kappa shape index (κ3) is 5.47. The van der Waals surface area contributed by atoms with E-state index in [1.165, 1.54) is 47.4 Å². The molecule has 1 aromatic heterocycles. The zero-order valence-corrected chi connectivity index (χ0v) is 14.5. The Hall–Kier alpha value is -4.05. The molecule has 0 saturated carbocycles. The van der Waals surface area contributed by atoms with Gasteiger partial charge in [-0.3, -0.25) is 4.79 Å². The van der Waals surface area contributed by atoms with Crippen LogP contribution < -0.4 is 14.4 Å².